The molecule has 2 N–H and O–H groups in total. The molecule has 1 saturated carbocycles. The molecule has 1 aromatic heterocycles. The van der Waals surface area contributed by atoms with Crippen LogP contribution in [0.5, 0.6) is 0 Å². The van der Waals surface area contributed by atoms with Crippen LogP contribution in [0.2, 0.25) is 0 Å². The summed E-state index contributed by atoms with van der Waals surface area (Å²) in [4.78, 5) is 11.4. The Hall–Kier alpha value is -2.04. The first-order chi connectivity index (χ1) is 8.84. The number of urea groups is 1. The number of amides is 2. The van der Waals surface area contributed by atoms with Crippen LogP contribution >= 0.6 is 0 Å². The number of hydrazone groups is 1. The largest absolute Gasteiger partial charge is 0.465 e. The molecular formula is C13H17N3O2. The lowest BCUT2D eigenvalue weighted by Gasteiger charge is -2.10. The van der Waals surface area contributed by atoms with Crippen molar-refractivity contribution in [2.75, 3.05) is 0 Å². The zero-order valence-corrected chi connectivity index (χ0v) is 10.1. The lowest BCUT2D eigenvalue weighted by molar-refractivity contribution is 0.237. The molecule has 0 saturated heterocycles. The number of hydrogen-bond donors (Lipinski definition) is 2. The van der Waals surface area contributed by atoms with Gasteiger partial charge in [0.25, 0.3) is 0 Å². The fourth-order valence-electron chi connectivity index (χ4n) is 1.95. The normalized spacial score (nSPS) is 16.7. The van der Waals surface area contributed by atoms with Gasteiger partial charge in [0.2, 0.25) is 0 Å². The minimum absolute atomic E-state index is 0.246. The molecule has 0 atom stereocenters. The van der Waals surface area contributed by atoms with Gasteiger partial charge in [0.1, 0.15) is 5.76 Å². The molecular weight excluding hydrogens is 230 g/mol. The maximum absolute atomic E-state index is 11.4. The zero-order chi connectivity index (χ0) is 12.6. The Kier molecular flexibility index (Phi) is 4.58. The molecule has 18 heavy (non-hydrogen) atoms. The summed E-state index contributed by atoms with van der Waals surface area (Å²) >= 11 is 0. The van der Waals surface area contributed by atoms with E-state index < -0.39 is 0 Å². The van der Waals surface area contributed by atoms with Crippen LogP contribution < -0.4 is 10.7 Å². The summed E-state index contributed by atoms with van der Waals surface area (Å²) in [6, 6.07) is 3.71. The van der Waals surface area contributed by atoms with Crippen LogP contribution in [0, 0.1) is 0 Å². The van der Waals surface area contributed by atoms with E-state index in [4.69, 9.17) is 4.42 Å². The van der Waals surface area contributed by atoms with Gasteiger partial charge in [-0.05, 0) is 37.1 Å². The molecule has 0 radical (unpaired) electrons. The third kappa shape index (κ3) is 4.08. The Morgan fingerprint density at radius 3 is 3.00 bits per heavy atom. The summed E-state index contributed by atoms with van der Waals surface area (Å²) < 4.78 is 5.10. The molecule has 0 unspecified atom stereocenters. The van der Waals surface area contributed by atoms with E-state index in [0.29, 0.717) is 6.04 Å². The highest BCUT2D eigenvalue weighted by Crippen LogP contribution is 2.17. The fraction of sp³-hybridized carbons (Fsp3) is 0.385. The third-order valence-corrected chi connectivity index (χ3v) is 2.82. The zero-order valence-electron chi connectivity index (χ0n) is 10.1. The number of furan rings is 1. The van der Waals surface area contributed by atoms with Crippen molar-refractivity contribution in [3.05, 3.63) is 30.2 Å². The van der Waals surface area contributed by atoms with Crippen LogP contribution in [0.3, 0.4) is 0 Å². The number of nitrogens with one attached hydrogen (secondary N) is 2. The molecule has 0 aromatic carbocycles. The van der Waals surface area contributed by atoms with Crippen molar-refractivity contribution in [1.82, 2.24) is 10.7 Å². The van der Waals surface area contributed by atoms with Crippen molar-refractivity contribution < 1.29 is 9.21 Å². The van der Waals surface area contributed by atoms with Gasteiger partial charge in [-0.1, -0.05) is 12.8 Å². The summed E-state index contributed by atoms with van der Waals surface area (Å²) in [6.07, 6.45) is 11.1. The van der Waals surface area contributed by atoms with Gasteiger partial charge in [0, 0.05) is 12.3 Å². The number of allylic oxidation sites excluding steroid dienone is 1. The topological polar surface area (TPSA) is 66.6 Å². The summed E-state index contributed by atoms with van der Waals surface area (Å²) in [5, 5.41) is 6.67. The molecule has 1 heterocycles. The Morgan fingerprint density at radius 1 is 1.44 bits per heavy atom. The number of rotatable bonds is 4. The Labute approximate surface area is 106 Å². The molecule has 1 aliphatic rings. The lowest BCUT2D eigenvalue weighted by Crippen LogP contribution is -2.38. The smallest absolute Gasteiger partial charge is 0.335 e. The predicted molar refractivity (Wildman–Crippen MR) is 70.2 cm³/mol. The van der Waals surface area contributed by atoms with E-state index in [-0.39, 0.29) is 6.03 Å². The van der Waals surface area contributed by atoms with E-state index in [0.717, 1.165) is 18.6 Å². The standard InChI is InChI=1S/C13H17N3O2/c17-13(15-11-5-1-2-6-11)16-14-9-3-7-12-8-4-10-18-12/h3-4,7-11H,1-2,5-6H2,(H2,15,16,17)/b7-3+,14-9+. The van der Waals surface area contributed by atoms with Gasteiger partial charge < -0.3 is 9.73 Å². The van der Waals surface area contributed by atoms with Crippen LogP contribution in [0.25, 0.3) is 6.08 Å². The minimum atomic E-state index is -0.246. The van der Waals surface area contributed by atoms with Crippen molar-refractivity contribution in [3.8, 4) is 0 Å². The van der Waals surface area contributed by atoms with Gasteiger partial charge in [-0.3, -0.25) is 0 Å². The first kappa shape index (κ1) is 12.4. The lowest BCUT2D eigenvalue weighted by atomic mass is 10.3. The highest BCUT2D eigenvalue weighted by molar-refractivity contribution is 5.80. The summed E-state index contributed by atoms with van der Waals surface area (Å²) in [5.41, 5.74) is 2.43. The minimum Gasteiger partial charge on any atom is -0.465 e. The van der Waals surface area contributed by atoms with Crippen molar-refractivity contribution >= 4 is 18.3 Å². The third-order valence-electron chi connectivity index (χ3n) is 2.82. The van der Waals surface area contributed by atoms with Crippen LogP contribution in [0.1, 0.15) is 31.4 Å². The molecule has 2 amide bonds. The molecule has 0 bridgehead atoms. The molecule has 2 rings (SSSR count). The molecule has 1 aliphatic carbocycles. The summed E-state index contributed by atoms with van der Waals surface area (Å²) in [5.74, 6) is 0.747. The van der Waals surface area contributed by atoms with E-state index in [2.05, 4.69) is 15.8 Å². The first-order valence-electron chi connectivity index (χ1n) is 6.14. The molecule has 5 heteroatoms. The fourth-order valence-corrected chi connectivity index (χ4v) is 1.95. The van der Waals surface area contributed by atoms with Crippen LogP contribution in [0.4, 0.5) is 4.79 Å². The van der Waals surface area contributed by atoms with Crippen molar-refractivity contribution in [1.29, 1.82) is 0 Å². The SMILES string of the molecule is O=C(N/N=C/C=C/c1ccco1)NC1CCCC1. The van der Waals surface area contributed by atoms with Gasteiger partial charge in [0.05, 0.1) is 6.26 Å². The van der Waals surface area contributed by atoms with E-state index in [9.17, 15) is 4.79 Å². The summed E-state index contributed by atoms with van der Waals surface area (Å²) in [7, 11) is 0. The summed E-state index contributed by atoms with van der Waals surface area (Å²) in [6.45, 7) is 0. The van der Waals surface area contributed by atoms with E-state index >= 15 is 0 Å². The Morgan fingerprint density at radius 2 is 2.28 bits per heavy atom. The number of carbonyl (C=O) groups excluding carboxylic acids is 1. The number of hydrogen-bond acceptors (Lipinski definition) is 3. The molecule has 0 aliphatic heterocycles. The van der Waals surface area contributed by atoms with Crippen molar-refractivity contribution in [3.63, 3.8) is 0 Å². The molecule has 1 aromatic rings. The average molecular weight is 247 g/mol. The monoisotopic (exact) mass is 247 g/mol. The maximum Gasteiger partial charge on any atom is 0.335 e. The van der Waals surface area contributed by atoms with Crippen molar-refractivity contribution in [2.24, 2.45) is 5.10 Å². The van der Waals surface area contributed by atoms with Gasteiger partial charge >= 0.3 is 6.03 Å². The van der Waals surface area contributed by atoms with E-state index in [1.165, 1.54) is 19.1 Å². The highest BCUT2D eigenvalue weighted by Gasteiger charge is 2.16. The van der Waals surface area contributed by atoms with Crippen LogP contribution in [-0.4, -0.2) is 18.3 Å². The van der Waals surface area contributed by atoms with Crippen molar-refractivity contribution in [2.45, 2.75) is 31.7 Å². The van der Waals surface area contributed by atoms with Gasteiger partial charge in [-0.2, -0.15) is 5.10 Å². The second-order valence-corrected chi connectivity index (χ2v) is 4.22. The molecule has 1 fully saturated rings. The average Bonchev–Trinajstić information content (AvgIpc) is 3.01. The molecule has 0 spiro atoms. The highest BCUT2D eigenvalue weighted by atomic mass is 16.3. The second kappa shape index (κ2) is 6.64. The first-order valence-corrected chi connectivity index (χ1v) is 6.14. The number of nitrogens with zero attached hydrogens (tertiary/aromatic N) is 1. The van der Waals surface area contributed by atoms with E-state index in [1.807, 2.05) is 12.1 Å². The Balaban J connectivity index is 1.65. The second-order valence-electron chi connectivity index (χ2n) is 4.22. The maximum atomic E-state index is 11.4. The van der Waals surface area contributed by atoms with E-state index in [1.54, 1.807) is 18.4 Å². The van der Waals surface area contributed by atoms with Crippen LogP contribution in [0.15, 0.2) is 34.0 Å². The van der Waals surface area contributed by atoms with Gasteiger partial charge in [-0.25, -0.2) is 10.2 Å². The van der Waals surface area contributed by atoms with Gasteiger partial charge in [0.15, 0.2) is 0 Å². The molecule has 5 nitrogen and oxygen atoms in total. The number of carbonyl (C=O) groups is 1. The molecule has 96 valence electrons. The van der Waals surface area contributed by atoms with Crippen LogP contribution in [-0.2, 0) is 0 Å². The predicted octanol–water partition coefficient (Wildman–Crippen LogP) is 2.52. The Bertz CT molecular complexity index is 417. The van der Waals surface area contributed by atoms with Gasteiger partial charge in [-0.15, -0.1) is 0 Å². The quantitative estimate of drug-likeness (QED) is 0.634.